The lowest BCUT2D eigenvalue weighted by Gasteiger charge is -2.16. The van der Waals surface area contributed by atoms with Crippen molar-refractivity contribution in [3.8, 4) is 0 Å². The van der Waals surface area contributed by atoms with Crippen molar-refractivity contribution in [2.24, 2.45) is 5.73 Å². The Bertz CT molecular complexity index is 634. The zero-order valence-corrected chi connectivity index (χ0v) is 10.9. The lowest BCUT2D eigenvalue weighted by molar-refractivity contribution is 0.536. The lowest BCUT2D eigenvalue weighted by Crippen LogP contribution is -2.30. The van der Waals surface area contributed by atoms with E-state index in [-0.39, 0.29) is 17.5 Å². The highest BCUT2D eigenvalue weighted by Crippen LogP contribution is 2.13. The van der Waals surface area contributed by atoms with E-state index in [1.54, 1.807) is 19.1 Å². The molecule has 0 aliphatic heterocycles. The number of hydrogen-bond acceptors (Lipinski definition) is 3. The molecule has 19 heavy (non-hydrogen) atoms. The molecule has 0 saturated carbocycles. The molecule has 2 N–H and O–H groups in total. The quantitative estimate of drug-likeness (QED) is 0.914. The molecule has 0 aliphatic rings. The zero-order chi connectivity index (χ0) is 14.0. The molecule has 0 saturated heterocycles. The number of nitrogens with zero attached hydrogens (tertiary/aromatic N) is 2. The van der Waals surface area contributed by atoms with Crippen molar-refractivity contribution in [1.29, 1.82) is 0 Å². The van der Waals surface area contributed by atoms with Gasteiger partial charge in [-0.05, 0) is 37.6 Å². The fourth-order valence-electron chi connectivity index (χ4n) is 2.01. The Hall–Kier alpha value is -2.01. The minimum absolute atomic E-state index is 0.304. The van der Waals surface area contributed by atoms with E-state index in [0.717, 1.165) is 11.3 Å². The van der Waals surface area contributed by atoms with Crippen LogP contribution in [0.4, 0.5) is 4.39 Å². The summed E-state index contributed by atoms with van der Waals surface area (Å²) in [7, 11) is 0. The highest BCUT2D eigenvalue weighted by Gasteiger charge is 2.10. The largest absolute Gasteiger partial charge is 0.348 e. The SMILES string of the molecule is Cc1cc(C)n(CC(N)c2ccc(F)cc2)c(=O)n1. The zero-order valence-electron chi connectivity index (χ0n) is 10.9. The van der Waals surface area contributed by atoms with Gasteiger partial charge in [0.25, 0.3) is 0 Å². The van der Waals surface area contributed by atoms with Crippen LogP contribution in [0.15, 0.2) is 35.1 Å². The lowest BCUT2D eigenvalue weighted by atomic mass is 10.1. The molecule has 0 bridgehead atoms. The molecule has 0 spiro atoms. The highest BCUT2D eigenvalue weighted by atomic mass is 19.1. The van der Waals surface area contributed by atoms with Crippen LogP contribution < -0.4 is 11.4 Å². The van der Waals surface area contributed by atoms with Gasteiger partial charge in [0.15, 0.2) is 0 Å². The number of nitrogens with two attached hydrogens (primary N) is 1. The van der Waals surface area contributed by atoms with E-state index in [1.165, 1.54) is 16.7 Å². The molecule has 0 aliphatic carbocycles. The van der Waals surface area contributed by atoms with Crippen molar-refractivity contribution in [3.05, 3.63) is 63.6 Å². The molecular formula is C14H16FN3O. The second kappa shape index (κ2) is 5.32. The van der Waals surface area contributed by atoms with Crippen LogP contribution in [-0.4, -0.2) is 9.55 Å². The van der Waals surface area contributed by atoms with E-state index in [9.17, 15) is 9.18 Å². The molecule has 0 radical (unpaired) electrons. The van der Waals surface area contributed by atoms with Gasteiger partial charge in [0.05, 0.1) is 0 Å². The standard InChI is InChI=1S/C14H16FN3O/c1-9-7-10(2)18(14(19)17-9)8-13(16)11-3-5-12(15)6-4-11/h3-7,13H,8,16H2,1-2H3. The van der Waals surface area contributed by atoms with Crippen LogP contribution in [0.25, 0.3) is 0 Å². The summed E-state index contributed by atoms with van der Waals surface area (Å²) in [5.74, 6) is -0.304. The Morgan fingerprint density at radius 1 is 1.32 bits per heavy atom. The number of halogens is 1. The first-order valence-corrected chi connectivity index (χ1v) is 6.03. The summed E-state index contributed by atoms with van der Waals surface area (Å²) in [6.45, 7) is 3.94. The maximum atomic E-state index is 12.8. The fraction of sp³-hybridized carbons (Fsp3) is 0.286. The van der Waals surface area contributed by atoms with E-state index in [1.807, 2.05) is 13.0 Å². The summed E-state index contributed by atoms with van der Waals surface area (Å²) in [4.78, 5) is 15.7. The average Bonchev–Trinajstić information content (AvgIpc) is 2.34. The number of benzene rings is 1. The average molecular weight is 261 g/mol. The number of aromatic nitrogens is 2. The minimum atomic E-state index is -0.374. The van der Waals surface area contributed by atoms with Gasteiger partial charge in [0.1, 0.15) is 5.82 Å². The number of rotatable bonds is 3. The van der Waals surface area contributed by atoms with Gasteiger partial charge in [-0.2, -0.15) is 4.98 Å². The van der Waals surface area contributed by atoms with Crippen LogP contribution in [-0.2, 0) is 6.54 Å². The van der Waals surface area contributed by atoms with E-state index < -0.39 is 0 Å². The van der Waals surface area contributed by atoms with Gasteiger partial charge in [0, 0.05) is 24.0 Å². The first-order valence-electron chi connectivity index (χ1n) is 6.03. The summed E-state index contributed by atoms with van der Waals surface area (Å²) in [5, 5.41) is 0. The second-order valence-corrected chi connectivity index (χ2v) is 4.59. The topological polar surface area (TPSA) is 60.9 Å². The van der Waals surface area contributed by atoms with Gasteiger partial charge in [-0.1, -0.05) is 12.1 Å². The predicted molar refractivity (Wildman–Crippen MR) is 71.3 cm³/mol. The van der Waals surface area contributed by atoms with E-state index in [4.69, 9.17) is 5.73 Å². The van der Waals surface area contributed by atoms with Crippen LogP contribution in [0.3, 0.4) is 0 Å². The van der Waals surface area contributed by atoms with E-state index in [2.05, 4.69) is 4.98 Å². The minimum Gasteiger partial charge on any atom is -0.322 e. The molecule has 1 heterocycles. The van der Waals surface area contributed by atoms with Crippen molar-refractivity contribution < 1.29 is 4.39 Å². The molecule has 2 aromatic rings. The Morgan fingerprint density at radius 3 is 2.53 bits per heavy atom. The highest BCUT2D eigenvalue weighted by molar-refractivity contribution is 5.19. The number of aryl methyl sites for hydroxylation is 2. The van der Waals surface area contributed by atoms with Crippen molar-refractivity contribution in [3.63, 3.8) is 0 Å². The monoisotopic (exact) mass is 261 g/mol. The van der Waals surface area contributed by atoms with E-state index >= 15 is 0 Å². The third kappa shape index (κ3) is 3.06. The summed E-state index contributed by atoms with van der Waals surface area (Å²) in [6, 6.07) is 7.43. The van der Waals surface area contributed by atoms with Gasteiger partial charge in [0.2, 0.25) is 0 Å². The molecule has 100 valence electrons. The maximum absolute atomic E-state index is 12.8. The molecule has 1 aromatic heterocycles. The smallest absolute Gasteiger partial charge is 0.322 e. The molecule has 0 amide bonds. The van der Waals surface area contributed by atoms with Crippen molar-refractivity contribution in [1.82, 2.24) is 9.55 Å². The molecule has 1 aromatic carbocycles. The Balaban J connectivity index is 2.26. The molecule has 4 nitrogen and oxygen atoms in total. The summed E-state index contributed by atoms with van der Waals surface area (Å²) in [6.07, 6.45) is 0. The third-order valence-corrected chi connectivity index (χ3v) is 3.02. The molecular weight excluding hydrogens is 245 g/mol. The molecule has 0 fully saturated rings. The molecule has 2 rings (SSSR count). The summed E-state index contributed by atoms with van der Waals surface area (Å²) >= 11 is 0. The van der Waals surface area contributed by atoms with Gasteiger partial charge < -0.3 is 5.73 Å². The van der Waals surface area contributed by atoms with Crippen LogP contribution in [0.2, 0.25) is 0 Å². The first kappa shape index (κ1) is 13.4. The van der Waals surface area contributed by atoms with Crippen LogP contribution in [0, 0.1) is 19.7 Å². The Morgan fingerprint density at radius 2 is 1.95 bits per heavy atom. The summed E-state index contributed by atoms with van der Waals surface area (Å²) < 4.78 is 14.4. The Kier molecular flexibility index (Phi) is 3.76. The van der Waals surface area contributed by atoms with Crippen molar-refractivity contribution in [2.45, 2.75) is 26.4 Å². The third-order valence-electron chi connectivity index (χ3n) is 3.02. The first-order chi connectivity index (χ1) is 8.97. The van der Waals surface area contributed by atoms with Crippen LogP contribution >= 0.6 is 0 Å². The van der Waals surface area contributed by atoms with Gasteiger partial charge >= 0.3 is 5.69 Å². The van der Waals surface area contributed by atoms with Crippen molar-refractivity contribution in [2.75, 3.05) is 0 Å². The fourth-order valence-corrected chi connectivity index (χ4v) is 2.01. The maximum Gasteiger partial charge on any atom is 0.348 e. The van der Waals surface area contributed by atoms with Gasteiger partial charge in [-0.25, -0.2) is 9.18 Å². The van der Waals surface area contributed by atoms with Crippen LogP contribution in [0.5, 0.6) is 0 Å². The number of hydrogen-bond donors (Lipinski definition) is 1. The molecule has 1 atom stereocenters. The van der Waals surface area contributed by atoms with Gasteiger partial charge in [-0.15, -0.1) is 0 Å². The predicted octanol–water partition coefficient (Wildman–Crippen LogP) is 1.70. The summed E-state index contributed by atoms with van der Waals surface area (Å²) in [5.41, 5.74) is 8.02. The molecule has 1 unspecified atom stereocenters. The second-order valence-electron chi connectivity index (χ2n) is 4.59. The Labute approximate surface area is 110 Å². The van der Waals surface area contributed by atoms with Gasteiger partial charge in [-0.3, -0.25) is 4.57 Å². The van der Waals surface area contributed by atoms with Crippen LogP contribution in [0.1, 0.15) is 23.0 Å². The van der Waals surface area contributed by atoms with E-state index in [0.29, 0.717) is 12.2 Å². The van der Waals surface area contributed by atoms with Crippen molar-refractivity contribution >= 4 is 0 Å². The normalized spacial score (nSPS) is 12.4. The molecule has 5 heteroatoms.